The maximum absolute atomic E-state index is 12.0. The van der Waals surface area contributed by atoms with E-state index in [9.17, 15) is 9.59 Å². The minimum absolute atomic E-state index is 0.124. The molecule has 1 aromatic heterocycles. The van der Waals surface area contributed by atoms with E-state index in [-0.39, 0.29) is 18.9 Å². The highest BCUT2D eigenvalue weighted by molar-refractivity contribution is 9.11. The summed E-state index contributed by atoms with van der Waals surface area (Å²) in [5, 5.41) is 0. The third-order valence-electron chi connectivity index (χ3n) is 2.92. The standard InChI is InChI=1S/C11H11Br2N3O3/c1-19-11(18)5-2-7(17)16(4-5)9-6(12)3-15-10(13)8(9)14/h3,5H,2,4,14H2,1H3. The predicted molar refractivity (Wildman–Crippen MR) is 76.5 cm³/mol. The van der Waals surface area contributed by atoms with Gasteiger partial charge < -0.3 is 15.4 Å². The number of halogens is 2. The van der Waals surface area contributed by atoms with Gasteiger partial charge in [0.2, 0.25) is 5.91 Å². The van der Waals surface area contributed by atoms with Crippen LogP contribution in [0.4, 0.5) is 11.4 Å². The first kappa shape index (κ1) is 14.3. The van der Waals surface area contributed by atoms with Gasteiger partial charge in [-0.1, -0.05) is 0 Å². The first-order valence-electron chi connectivity index (χ1n) is 5.43. The molecular weight excluding hydrogens is 382 g/mol. The summed E-state index contributed by atoms with van der Waals surface area (Å²) in [7, 11) is 1.31. The number of aromatic nitrogens is 1. The lowest BCUT2D eigenvalue weighted by Crippen LogP contribution is -2.27. The second-order valence-electron chi connectivity index (χ2n) is 4.09. The molecule has 1 aromatic rings. The van der Waals surface area contributed by atoms with Gasteiger partial charge in [0, 0.05) is 19.2 Å². The summed E-state index contributed by atoms with van der Waals surface area (Å²) < 4.78 is 5.73. The highest BCUT2D eigenvalue weighted by Gasteiger charge is 2.37. The Morgan fingerprint density at radius 3 is 2.89 bits per heavy atom. The summed E-state index contributed by atoms with van der Waals surface area (Å²) in [5.41, 5.74) is 6.81. The quantitative estimate of drug-likeness (QED) is 0.611. The maximum atomic E-state index is 12.0. The van der Waals surface area contributed by atoms with Gasteiger partial charge in [0.15, 0.2) is 0 Å². The topological polar surface area (TPSA) is 85.5 Å². The fraction of sp³-hybridized carbons (Fsp3) is 0.364. The van der Waals surface area contributed by atoms with E-state index in [1.165, 1.54) is 12.0 Å². The van der Waals surface area contributed by atoms with E-state index in [4.69, 9.17) is 5.73 Å². The molecule has 1 aliphatic rings. The molecule has 102 valence electrons. The Balaban J connectivity index is 2.36. The summed E-state index contributed by atoms with van der Waals surface area (Å²) in [6.07, 6.45) is 1.67. The molecule has 0 aliphatic carbocycles. The molecule has 19 heavy (non-hydrogen) atoms. The average molecular weight is 393 g/mol. The molecule has 2 rings (SSSR count). The van der Waals surface area contributed by atoms with Crippen molar-refractivity contribution in [1.29, 1.82) is 0 Å². The molecule has 1 atom stereocenters. The number of methoxy groups -OCH3 is 1. The number of anilines is 2. The molecule has 1 amide bonds. The summed E-state index contributed by atoms with van der Waals surface area (Å²) in [6.45, 7) is 0.255. The normalized spacial score (nSPS) is 18.8. The third kappa shape index (κ3) is 2.59. The third-order valence-corrected chi connectivity index (χ3v) is 4.14. The van der Waals surface area contributed by atoms with Crippen molar-refractivity contribution in [3.63, 3.8) is 0 Å². The number of amides is 1. The Labute approximate surface area is 126 Å². The van der Waals surface area contributed by atoms with Crippen LogP contribution in [0.2, 0.25) is 0 Å². The van der Waals surface area contributed by atoms with Gasteiger partial charge in [-0.25, -0.2) is 4.98 Å². The number of carbonyl (C=O) groups is 2. The van der Waals surface area contributed by atoms with Crippen molar-refractivity contribution in [2.75, 3.05) is 24.3 Å². The van der Waals surface area contributed by atoms with Crippen molar-refractivity contribution in [3.05, 3.63) is 15.3 Å². The van der Waals surface area contributed by atoms with Crippen molar-refractivity contribution in [2.45, 2.75) is 6.42 Å². The number of rotatable bonds is 2. The van der Waals surface area contributed by atoms with Crippen LogP contribution in [-0.4, -0.2) is 30.5 Å². The van der Waals surface area contributed by atoms with Crippen LogP contribution in [0.1, 0.15) is 6.42 Å². The smallest absolute Gasteiger partial charge is 0.311 e. The molecule has 1 unspecified atom stereocenters. The van der Waals surface area contributed by atoms with Gasteiger partial charge in [-0.2, -0.15) is 0 Å². The number of nitrogens with zero attached hydrogens (tertiary/aromatic N) is 2. The van der Waals surface area contributed by atoms with Gasteiger partial charge in [-0.15, -0.1) is 0 Å². The summed E-state index contributed by atoms with van der Waals surface area (Å²) in [6, 6.07) is 0. The molecule has 0 bridgehead atoms. The molecule has 1 aliphatic heterocycles. The van der Waals surface area contributed by atoms with Crippen LogP contribution in [0.3, 0.4) is 0 Å². The molecule has 6 nitrogen and oxygen atoms in total. The minimum Gasteiger partial charge on any atom is -0.469 e. The Morgan fingerprint density at radius 2 is 2.26 bits per heavy atom. The minimum atomic E-state index is -0.462. The van der Waals surface area contributed by atoms with Crippen LogP contribution in [0, 0.1) is 5.92 Å². The van der Waals surface area contributed by atoms with Crippen LogP contribution in [0.25, 0.3) is 0 Å². The van der Waals surface area contributed by atoms with Gasteiger partial charge in [-0.3, -0.25) is 9.59 Å². The highest BCUT2D eigenvalue weighted by Crippen LogP contribution is 2.38. The van der Waals surface area contributed by atoms with Crippen LogP contribution >= 0.6 is 31.9 Å². The molecule has 0 spiro atoms. The lowest BCUT2D eigenvalue weighted by atomic mass is 10.1. The van der Waals surface area contributed by atoms with E-state index in [1.807, 2.05) is 0 Å². The fourth-order valence-electron chi connectivity index (χ4n) is 1.99. The first-order chi connectivity index (χ1) is 8.95. The monoisotopic (exact) mass is 391 g/mol. The van der Waals surface area contributed by atoms with Gasteiger partial charge in [-0.05, 0) is 31.9 Å². The van der Waals surface area contributed by atoms with Crippen molar-refractivity contribution in [2.24, 2.45) is 5.92 Å². The molecular formula is C11H11Br2N3O3. The zero-order chi connectivity index (χ0) is 14.2. The zero-order valence-corrected chi connectivity index (χ0v) is 13.2. The van der Waals surface area contributed by atoms with E-state index in [0.29, 0.717) is 20.5 Å². The number of hydrogen-bond acceptors (Lipinski definition) is 5. The Bertz CT molecular complexity index is 550. The van der Waals surface area contributed by atoms with E-state index >= 15 is 0 Å². The van der Waals surface area contributed by atoms with Crippen molar-refractivity contribution in [1.82, 2.24) is 4.98 Å². The van der Waals surface area contributed by atoms with E-state index < -0.39 is 11.9 Å². The summed E-state index contributed by atoms with van der Waals surface area (Å²) in [4.78, 5) is 29.0. The van der Waals surface area contributed by atoms with Crippen molar-refractivity contribution < 1.29 is 14.3 Å². The SMILES string of the molecule is COC(=O)C1CC(=O)N(c2c(Br)cnc(Br)c2N)C1. The molecule has 0 aromatic carbocycles. The summed E-state index contributed by atoms with van der Waals surface area (Å²) >= 11 is 6.54. The van der Waals surface area contributed by atoms with Gasteiger partial charge in [0.25, 0.3) is 0 Å². The fourth-order valence-corrected chi connectivity index (χ4v) is 2.81. The van der Waals surface area contributed by atoms with Crippen molar-refractivity contribution in [3.8, 4) is 0 Å². The number of ether oxygens (including phenoxy) is 1. The predicted octanol–water partition coefficient (Wildman–Crippen LogP) is 1.71. The number of esters is 1. The van der Waals surface area contributed by atoms with Crippen LogP contribution in [-0.2, 0) is 14.3 Å². The lowest BCUT2D eigenvalue weighted by molar-refractivity contribution is -0.145. The van der Waals surface area contributed by atoms with E-state index in [2.05, 4.69) is 41.6 Å². The Kier molecular flexibility index (Phi) is 4.10. The molecule has 0 saturated carbocycles. The number of nitrogens with two attached hydrogens (primary N) is 1. The van der Waals surface area contributed by atoms with Crippen LogP contribution < -0.4 is 10.6 Å². The van der Waals surface area contributed by atoms with Gasteiger partial charge in [0.05, 0.1) is 28.9 Å². The average Bonchev–Trinajstić information content (AvgIpc) is 2.76. The zero-order valence-electron chi connectivity index (χ0n) is 10.0. The molecule has 1 saturated heterocycles. The Morgan fingerprint density at radius 1 is 1.58 bits per heavy atom. The number of carbonyl (C=O) groups excluding carboxylic acids is 2. The first-order valence-corrected chi connectivity index (χ1v) is 7.02. The van der Waals surface area contributed by atoms with Gasteiger partial charge >= 0.3 is 5.97 Å². The second-order valence-corrected chi connectivity index (χ2v) is 5.69. The Hall–Kier alpha value is -1.15. The summed E-state index contributed by atoms with van der Waals surface area (Å²) in [5.74, 6) is -1.02. The van der Waals surface area contributed by atoms with E-state index in [1.54, 1.807) is 6.20 Å². The maximum Gasteiger partial charge on any atom is 0.311 e. The lowest BCUT2D eigenvalue weighted by Gasteiger charge is -2.20. The van der Waals surface area contributed by atoms with Crippen LogP contribution in [0.5, 0.6) is 0 Å². The molecule has 1 fully saturated rings. The number of nitrogen functional groups attached to an aromatic ring is 1. The molecule has 2 heterocycles. The van der Waals surface area contributed by atoms with Crippen molar-refractivity contribution >= 4 is 55.1 Å². The van der Waals surface area contributed by atoms with Crippen LogP contribution in [0.15, 0.2) is 15.3 Å². The van der Waals surface area contributed by atoms with Gasteiger partial charge in [0.1, 0.15) is 4.60 Å². The number of hydrogen-bond donors (Lipinski definition) is 1. The largest absolute Gasteiger partial charge is 0.469 e. The molecule has 0 radical (unpaired) electrons. The molecule has 8 heteroatoms. The van der Waals surface area contributed by atoms with E-state index in [0.717, 1.165) is 0 Å². The molecule has 2 N–H and O–H groups in total. The number of pyridine rings is 1. The second kappa shape index (κ2) is 5.46. The highest BCUT2D eigenvalue weighted by atomic mass is 79.9.